The SMILES string of the molecule is CC(=O)Nc1cc2c(-c3cc(OCC4CN(C)C4)c4c(n3)C3(CCOC3)OCC4)cn(C)c2cn1. The van der Waals surface area contributed by atoms with Gasteiger partial charge in [0.1, 0.15) is 17.2 Å². The van der Waals surface area contributed by atoms with Crippen LogP contribution in [0.5, 0.6) is 5.75 Å². The number of aryl methyl sites for hydroxylation is 1. The molecule has 0 aromatic carbocycles. The van der Waals surface area contributed by atoms with Gasteiger partial charge in [-0.2, -0.15) is 0 Å². The molecule has 2 saturated heterocycles. The largest absolute Gasteiger partial charge is 0.493 e. The molecule has 9 heteroatoms. The van der Waals surface area contributed by atoms with E-state index in [4.69, 9.17) is 19.2 Å². The molecule has 3 aromatic rings. The van der Waals surface area contributed by atoms with Gasteiger partial charge >= 0.3 is 0 Å². The summed E-state index contributed by atoms with van der Waals surface area (Å²) in [5, 5.41) is 3.76. The molecule has 6 heterocycles. The highest BCUT2D eigenvalue weighted by Gasteiger charge is 2.44. The van der Waals surface area contributed by atoms with Crippen LogP contribution in [0.25, 0.3) is 22.2 Å². The van der Waals surface area contributed by atoms with Crippen molar-refractivity contribution in [3.8, 4) is 17.0 Å². The van der Waals surface area contributed by atoms with Crippen LogP contribution in [0.4, 0.5) is 5.82 Å². The Morgan fingerprint density at radius 2 is 2.14 bits per heavy atom. The number of carbonyl (C=O) groups excluding carboxylic acids is 1. The first-order valence-corrected chi connectivity index (χ1v) is 12.2. The van der Waals surface area contributed by atoms with Crippen molar-refractivity contribution < 1.29 is 19.0 Å². The number of aromatic nitrogens is 3. The van der Waals surface area contributed by atoms with Crippen molar-refractivity contribution in [2.24, 2.45) is 13.0 Å². The Labute approximate surface area is 204 Å². The summed E-state index contributed by atoms with van der Waals surface area (Å²) in [5.41, 5.74) is 4.31. The highest BCUT2D eigenvalue weighted by Crippen LogP contribution is 2.44. The third-order valence-corrected chi connectivity index (χ3v) is 7.30. The minimum atomic E-state index is -0.522. The average Bonchev–Trinajstić information content (AvgIpc) is 3.41. The van der Waals surface area contributed by atoms with Crippen LogP contribution in [-0.4, -0.2) is 71.9 Å². The second-order valence-electron chi connectivity index (χ2n) is 10.0. The van der Waals surface area contributed by atoms with Crippen LogP contribution < -0.4 is 10.1 Å². The van der Waals surface area contributed by atoms with E-state index in [1.54, 1.807) is 6.20 Å². The Kier molecular flexibility index (Phi) is 5.51. The maximum atomic E-state index is 11.6. The van der Waals surface area contributed by atoms with Crippen LogP contribution in [0.1, 0.15) is 24.6 Å². The van der Waals surface area contributed by atoms with E-state index < -0.39 is 5.60 Å². The Morgan fingerprint density at radius 3 is 2.89 bits per heavy atom. The van der Waals surface area contributed by atoms with Crippen molar-refractivity contribution >= 4 is 22.6 Å². The van der Waals surface area contributed by atoms with Gasteiger partial charge in [0, 0.05) is 81.2 Å². The number of anilines is 1. The quantitative estimate of drug-likeness (QED) is 0.604. The monoisotopic (exact) mass is 477 g/mol. The Hall–Kier alpha value is -3.01. The average molecular weight is 478 g/mol. The molecule has 1 spiro atoms. The van der Waals surface area contributed by atoms with Crippen LogP contribution in [0.15, 0.2) is 24.5 Å². The molecular weight excluding hydrogens is 446 g/mol. The van der Waals surface area contributed by atoms with Crippen molar-refractivity contribution in [3.05, 3.63) is 35.8 Å². The maximum Gasteiger partial charge on any atom is 0.222 e. The fraction of sp³-hybridized carbons (Fsp3) is 0.500. The topological polar surface area (TPSA) is 90.7 Å². The highest BCUT2D eigenvalue weighted by atomic mass is 16.6. The summed E-state index contributed by atoms with van der Waals surface area (Å²) in [6.07, 6.45) is 5.40. The minimum Gasteiger partial charge on any atom is -0.493 e. The summed E-state index contributed by atoms with van der Waals surface area (Å²) in [7, 11) is 4.12. The fourth-order valence-corrected chi connectivity index (χ4v) is 5.57. The lowest BCUT2D eigenvalue weighted by Crippen LogP contribution is -2.46. The summed E-state index contributed by atoms with van der Waals surface area (Å²) < 4.78 is 20.6. The van der Waals surface area contributed by atoms with E-state index in [1.165, 1.54) is 6.92 Å². The lowest BCUT2D eigenvalue weighted by Gasteiger charge is -2.37. The van der Waals surface area contributed by atoms with Crippen LogP contribution in [0.2, 0.25) is 0 Å². The summed E-state index contributed by atoms with van der Waals surface area (Å²) in [5.74, 6) is 1.80. The van der Waals surface area contributed by atoms with Crippen molar-refractivity contribution in [1.29, 1.82) is 0 Å². The zero-order valence-corrected chi connectivity index (χ0v) is 20.5. The lowest BCUT2D eigenvalue weighted by atomic mass is 9.89. The summed E-state index contributed by atoms with van der Waals surface area (Å²) >= 11 is 0. The van der Waals surface area contributed by atoms with Crippen molar-refractivity contribution in [3.63, 3.8) is 0 Å². The second-order valence-corrected chi connectivity index (χ2v) is 10.0. The third-order valence-electron chi connectivity index (χ3n) is 7.30. The third kappa shape index (κ3) is 3.97. The van der Waals surface area contributed by atoms with E-state index >= 15 is 0 Å². The molecule has 1 amide bonds. The highest BCUT2D eigenvalue weighted by molar-refractivity contribution is 5.98. The van der Waals surface area contributed by atoms with E-state index in [-0.39, 0.29) is 5.91 Å². The molecule has 3 aliphatic heterocycles. The van der Waals surface area contributed by atoms with Gasteiger partial charge in [-0.15, -0.1) is 0 Å². The number of likely N-dealkylation sites (tertiary alicyclic amines) is 1. The lowest BCUT2D eigenvalue weighted by molar-refractivity contribution is -0.114. The number of amides is 1. The van der Waals surface area contributed by atoms with Crippen LogP contribution in [0, 0.1) is 5.92 Å². The van der Waals surface area contributed by atoms with E-state index in [0.717, 1.165) is 65.1 Å². The zero-order chi connectivity index (χ0) is 24.2. The normalized spacial score (nSPS) is 22.4. The number of carbonyl (C=O) groups is 1. The molecule has 3 aliphatic rings. The Balaban J connectivity index is 1.47. The van der Waals surface area contributed by atoms with E-state index in [1.807, 2.05) is 17.7 Å². The first-order valence-electron chi connectivity index (χ1n) is 12.2. The summed E-state index contributed by atoms with van der Waals surface area (Å²) in [4.78, 5) is 23.5. The van der Waals surface area contributed by atoms with Crippen molar-refractivity contribution in [2.75, 3.05) is 51.9 Å². The number of nitrogens with one attached hydrogen (secondary N) is 1. The first kappa shape index (κ1) is 22.5. The van der Waals surface area contributed by atoms with Gasteiger partial charge in [-0.1, -0.05) is 0 Å². The van der Waals surface area contributed by atoms with Crippen LogP contribution in [-0.2, 0) is 33.3 Å². The molecule has 0 aliphatic carbocycles. The number of pyridine rings is 2. The summed E-state index contributed by atoms with van der Waals surface area (Å²) in [6.45, 7) is 6.10. The molecule has 6 rings (SSSR count). The van der Waals surface area contributed by atoms with Gasteiger partial charge in [0.15, 0.2) is 0 Å². The Bertz CT molecular complexity index is 1290. The van der Waals surface area contributed by atoms with Crippen molar-refractivity contribution in [2.45, 2.75) is 25.4 Å². The smallest absolute Gasteiger partial charge is 0.222 e. The predicted molar refractivity (Wildman–Crippen MR) is 132 cm³/mol. The standard InChI is InChI=1S/C26H31N5O4/c1-16(32)28-24-8-19-20(13-31(3)22(19)10-27-24)21-9-23(34-14-17-11-30(2)12-17)18-4-6-35-26(25(18)29-21)5-7-33-15-26/h8-10,13,17H,4-7,11-12,14-15H2,1-3H3,(H,27,28,32). The molecule has 0 saturated carbocycles. The number of ether oxygens (including phenoxy) is 3. The second kappa shape index (κ2) is 8.58. The summed E-state index contributed by atoms with van der Waals surface area (Å²) in [6, 6.07) is 3.98. The van der Waals surface area contributed by atoms with Crippen molar-refractivity contribution in [1.82, 2.24) is 19.4 Å². The number of hydrogen-bond donors (Lipinski definition) is 1. The van der Waals surface area contributed by atoms with Gasteiger partial charge in [-0.25, -0.2) is 9.97 Å². The number of nitrogens with zero attached hydrogens (tertiary/aromatic N) is 4. The molecule has 0 radical (unpaired) electrons. The molecular formula is C26H31N5O4. The molecule has 3 aromatic heterocycles. The van der Waals surface area contributed by atoms with Gasteiger partial charge in [0.2, 0.25) is 5.91 Å². The van der Waals surface area contributed by atoms with Gasteiger partial charge < -0.3 is 29.0 Å². The fourth-order valence-electron chi connectivity index (χ4n) is 5.57. The molecule has 1 atom stereocenters. The Morgan fingerprint density at radius 1 is 1.29 bits per heavy atom. The van der Waals surface area contributed by atoms with Crippen LogP contribution >= 0.6 is 0 Å². The molecule has 184 valence electrons. The van der Waals surface area contributed by atoms with E-state index in [2.05, 4.69) is 34.5 Å². The number of rotatable bonds is 5. The van der Waals surface area contributed by atoms with Gasteiger partial charge in [-0.3, -0.25) is 4.79 Å². The van der Waals surface area contributed by atoms with E-state index in [0.29, 0.717) is 38.2 Å². The maximum absolute atomic E-state index is 11.6. The van der Waals surface area contributed by atoms with Gasteiger partial charge in [0.25, 0.3) is 0 Å². The molecule has 9 nitrogen and oxygen atoms in total. The van der Waals surface area contributed by atoms with Gasteiger partial charge in [-0.05, 0) is 13.1 Å². The molecule has 2 fully saturated rings. The first-order chi connectivity index (χ1) is 16.9. The molecule has 35 heavy (non-hydrogen) atoms. The number of fused-ring (bicyclic) bond motifs is 3. The zero-order valence-electron chi connectivity index (χ0n) is 20.5. The molecule has 1 N–H and O–H groups in total. The van der Waals surface area contributed by atoms with E-state index in [9.17, 15) is 4.79 Å². The van der Waals surface area contributed by atoms with Gasteiger partial charge in [0.05, 0.1) is 42.9 Å². The minimum absolute atomic E-state index is 0.154. The number of hydrogen-bond acceptors (Lipinski definition) is 7. The molecule has 1 unspecified atom stereocenters. The van der Waals surface area contributed by atoms with Crippen LogP contribution in [0.3, 0.4) is 0 Å². The predicted octanol–water partition coefficient (Wildman–Crippen LogP) is 2.72. The molecule has 0 bridgehead atoms.